The van der Waals surface area contributed by atoms with Gasteiger partial charge >= 0.3 is 0 Å². The highest BCUT2D eigenvalue weighted by Gasteiger charge is 2.33. The highest BCUT2D eigenvalue weighted by molar-refractivity contribution is 6.11. The van der Waals surface area contributed by atoms with Crippen LogP contribution in [0, 0.1) is 0 Å². The number of hydrogen-bond acceptors (Lipinski definition) is 10. The van der Waals surface area contributed by atoms with Gasteiger partial charge in [0, 0.05) is 93.2 Å². The smallest absolute Gasteiger partial charge is 0.260 e. The molecule has 0 saturated carbocycles. The highest BCUT2D eigenvalue weighted by atomic mass is 16.5. The summed E-state index contributed by atoms with van der Waals surface area (Å²) in [6, 6.07) is 6.56. The number of piperazine rings is 1. The van der Waals surface area contributed by atoms with Gasteiger partial charge < -0.3 is 34.4 Å². The van der Waals surface area contributed by atoms with Crippen LogP contribution in [-0.2, 0) is 24.1 Å². The molecule has 5 aliphatic heterocycles. The number of rotatable bonds is 7. The van der Waals surface area contributed by atoms with Crippen LogP contribution in [0.3, 0.4) is 0 Å². The van der Waals surface area contributed by atoms with E-state index in [0.29, 0.717) is 46.5 Å². The number of ether oxygens (including phenoxy) is 1. The summed E-state index contributed by atoms with van der Waals surface area (Å²) in [5.74, 6) is 0.508. The number of nitrogens with zero attached hydrogens (tertiary/aromatic N) is 7. The molecule has 3 aromatic heterocycles. The van der Waals surface area contributed by atoms with Gasteiger partial charge in [-0.1, -0.05) is 0 Å². The van der Waals surface area contributed by atoms with E-state index in [2.05, 4.69) is 29.7 Å². The van der Waals surface area contributed by atoms with Gasteiger partial charge in [-0.3, -0.25) is 19.5 Å². The van der Waals surface area contributed by atoms with Crippen LogP contribution in [-0.4, -0.2) is 107 Å². The molecule has 1 atom stereocenters. The SMILES string of the molecule is CN1C=C(c2cncc(N3CCc4c(cc5n4CCCC5)C3=O)c2C=O)C=C(Nc2ccc(N3CCN(C4COC4)CC3)cn2)C1O. The van der Waals surface area contributed by atoms with Crippen molar-refractivity contribution in [3.05, 3.63) is 82.8 Å². The molecule has 8 rings (SSSR count). The number of aliphatic hydroxyl groups excluding tert-OH is 1. The molecule has 244 valence electrons. The summed E-state index contributed by atoms with van der Waals surface area (Å²) in [6.07, 6.45) is 12.5. The number of carbonyl (C=O) groups is 2. The molecule has 47 heavy (non-hydrogen) atoms. The molecule has 2 N–H and O–H groups in total. The molecule has 0 bridgehead atoms. The van der Waals surface area contributed by atoms with Crippen LogP contribution in [0.1, 0.15) is 50.5 Å². The highest BCUT2D eigenvalue weighted by Crippen LogP contribution is 2.35. The third-order valence-electron chi connectivity index (χ3n) is 10.2. The van der Waals surface area contributed by atoms with Crippen LogP contribution < -0.4 is 15.1 Å². The number of likely N-dealkylation sites (N-methyl/N-ethyl adjacent to an activating group) is 1. The maximum Gasteiger partial charge on any atom is 0.260 e. The molecule has 0 spiro atoms. The van der Waals surface area contributed by atoms with Gasteiger partial charge in [-0.2, -0.15) is 0 Å². The van der Waals surface area contributed by atoms with E-state index < -0.39 is 6.23 Å². The van der Waals surface area contributed by atoms with Crippen molar-refractivity contribution in [3.8, 4) is 0 Å². The molecule has 12 nitrogen and oxygen atoms in total. The standard InChI is InChI=1S/C35H40N8O4/c1-39-19-23(14-30(35(39)46)38-33-6-5-25(16-37-33)40-10-12-41(13-11-40)26-21-47-22-26)28-17-36-18-32(29(28)20-44)43-9-7-31-27(34(43)45)15-24-4-2-3-8-42(24)31/h5-6,14-20,26,35,46H,2-4,7-13,21-22H2,1H3,(H,37,38). The summed E-state index contributed by atoms with van der Waals surface area (Å²) in [4.78, 5) is 43.8. The number of aldehydes is 1. The van der Waals surface area contributed by atoms with E-state index in [1.807, 2.05) is 30.5 Å². The zero-order chi connectivity index (χ0) is 32.1. The Morgan fingerprint density at radius 3 is 2.60 bits per heavy atom. The molecule has 1 unspecified atom stereocenters. The van der Waals surface area contributed by atoms with E-state index in [4.69, 9.17) is 4.74 Å². The second kappa shape index (κ2) is 12.3. The Bertz CT molecular complexity index is 1750. The Hall–Kier alpha value is -4.52. The number of anilines is 3. The fraction of sp³-hybridized carbons (Fsp3) is 0.429. The van der Waals surface area contributed by atoms with Crippen molar-refractivity contribution in [3.63, 3.8) is 0 Å². The quantitative estimate of drug-likeness (QED) is 0.375. The van der Waals surface area contributed by atoms with Crippen molar-refractivity contribution < 1.29 is 19.4 Å². The molecular weight excluding hydrogens is 596 g/mol. The first-order valence-corrected chi connectivity index (χ1v) is 16.6. The number of carbonyl (C=O) groups excluding carboxylic acids is 2. The second-order valence-corrected chi connectivity index (χ2v) is 13.0. The number of allylic oxidation sites excluding steroid dienone is 2. The van der Waals surface area contributed by atoms with E-state index in [-0.39, 0.29) is 5.91 Å². The molecule has 0 aliphatic carbocycles. The maximum atomic E-state index is 13.8. The average molecular weight is 637 g/mol. The fourth-order valence-corrected chi connectivity index (χ4v) is 7.50. The van der Waals surface area contributed by atoms with Crippen LogP contribution in [0.2, 0.25) is 0 Å². The maximum absolute atomic E-state index is 13.8. The number of aliphatic hydroxyl groups is 1. The lowest BCUT2D eigenvalue weighted by Crippen LogP contribution is -2.56. The summed E-state index contributed by atoms with van der Waals surface area (Å²) < 4.78 is 7.67. The lowest BCUT2D eigenvalue weighted by atomic mass is 9.97. The summed E-state index contributed by atoms with van der Waals surface area (Å²) in [5, 5.41) is 14.3. The Balaban J connectivity index is 1.01. The molecule has 5 aliphatic rings. The Morgan fingerprint density at radius 2 is 1.85 bits per heavy atom. The normalized spacial score (nSPS) is 21.9. The summed E-state index contributed by atoms with van der Waals surface area (Å²) in [5.41, 5.74) is 6.79. The predicted octanol–water partition coefficient (Wildman–Crippen LogP) is 2.75. The largest absolute Gasteiger partial charge is 0.378 e. The average Bonchev–Trinajstić information content (AvgIpc) is 3.46. The van der Waals surface area contributed by atoms with E-state index in [1.54, 1.807) is 35.4 Å². The number of fused-ring (bicyclic) bond motifs is 3. The molecule has 0 radical (unpaired) electrons. The zero-order valence-corrected chi connectivity index (χ0v) is 26.6. The van der Waals surface area contributed by atoms with Crippen LogP contribution >= 0.6 is 0 Å². The van der Waals surface area contributed by atoms with Crippen molar-refractivity contribution in [2.75, 3.05) is 68.1 Å². The second-order valence-electron chi connectivity index (χ2n) is 13.0. The molecule has 2 saturated heterocycles. The fourth-order valence-electron chi connectivity index (χ4n) is 7.50. The van der Waals surface area contributed by atoms with E-state index >= 15 is 0 Å². The molecule has 3 aromatic rings. The van der Waals surface area contributed by atoms with Crippen LogP contribution in [0.5, 0.6) is 0 Å². The van der Waals surface area contributed by atoms with Crippen LogP contribution in [0.15, 0.2) is 54.8 Å². The van der Waals surface area contributed by atoms with Crippen molar-refractivity contribution in [1.82, 2.24) is 24.3 Å². The first-order valence-electron chi connectivity index (χ1n) is 16.6. The van der Waals surface area contributed by atoms with Gasteiger partial charge in [0.15, 0.2) is 12.5 Å². The van der Waals surface area contributed by atoms with Crippen molar-refractivity contribution in [1.29, 1.82) is 0 Å². The summed E-state index contributed by atoms with van der Waals surface area (Å²) in [7, 11) is 1.77. The Kier molecular flexibility index (Phi) is 7.78. The monoisotopic (exact) mass is 636 g/mol. The number of aryl methyl sites for hydroxylation is 1. The van der Waals surface area contributed by atoms with Gasteiger partial charge in [0.1, 0.15) is 5.82 Å². The van der Waals surface area contributed by atoms with Gasteiger partial charge in [0.2, 0.25) is 0 Å². The van der Waals surface area contributed by atoms with Gasteiger partial charge in [0.25, 0.3) is 5.91 Å². The number of hydrogen-bond donors (Lipinski definition) is 2. The van der Waals surface area contributed by atoms with Crippen molar-refractivity contribution in [2.45, 2.75) is 44.5 Å². The molecule has 12 heteroatoms. The summed E-state index contributed by atoms with van der Waals surface area (Å²) >= 11 is 0. The van der Waals surface area contributed by atoms with Gasteiger partial charge in [-0.25, -0.2) is 4.98 Å². The van der Waals surface area contributed by atoms with Crippen LogP contribution in [0.25, 0.3) is 5.57 Å². The first-order chi connectivity index (χ1) is 23.0. The zero-order valence-electron chi connectivity index (χ0n) is 26.6. The summed E-state index contributed by atoms with van der Waals surface area (Å²) in [6.45, 7) is 7.01. The third kappa shape index (κ3) is 5.39. The molecule has 0 aromatic carbocycles. The lowest BCUT2D eigenvalue weighted by molar-refractivity contribution is -0.0660. The Morgan fingerprint density at radius 1 is 1.00 bits per heavy atom. The van der Waals surface area contributed by atoms with Crippen molar-refractivity contribution in [2.24, 2.45) is 0 Å². The van der Waals surface area contributed by atoms with E-state index in [9.17, 15) is 14.7 Å². The topological polar surface area (TPSA) is 119 Å². The first kappa shape index (κ1) is 29.9. The van der Waals surface area contributed by atoms with Gasteiger partial charge in [-0.15, -0.1) is 0 Å². The van der Waals surface area contributed by atoms with Gasteiger partial charge in [0.05, 0.1) is 54.3 Å². The minimum absolute atomic E-state index is 0.0948. The number of amides is 1. The Labute approximate surface area is 273 Å². The van der Waals surface area contributed by atoms with Crippen LogP contribution in [0.4, 0.5) is 17.2 Å². The minimum Gasteiger partial charge on any atom is -0.378 e. The third-order valence-corrected chi connectivity index (χ3v) is 10.2. The van der Waals surface area contributed by atoms with Crippen molar-refractivity contribution >= 4 is 35.0 Å². The predicted molar refractivity (Wildman–Crippen MR) is 178 cm³/mol. The molecule has 1 amide bonds. The molecule has 2 fully saturated rings. The van der Waals surface area contributed by atoms with Gasteiger partial charge in [-0.05, 0) is 43.5 Å². The van der Waals surface area contributed by atoms with E-state index in [1.165, 1.54) is 5.69 Å². The minimum atomic E-state index is -0.942. The molecule has 8 heterocycles. The number of nitrogens with one attached hydrogen (secondary N) is 1. The number of aromatic nitrogens is 3. The lowest BCUT2D eigenvalue weighted by Gasteiger charge is -2.43. The van der Waals surface area contributed by atoms with E-state index in [0.717, 1.165) is 94.9 Å². The molecular formula is C35H40N8O4. The number of pyridine rings is 2.